The molecule has 1 atom stereocenters. The molecule has 0 unspecified atom stereocenters. The molecule has 0 radical (unpaired) electrons. The summed E-state index contributed by atoms with van der Waals surface area (Å²) in [5.74, 6) is -0.321. The summed E-state index contributed by atoms with van der Waals surface area (Å²) in [5, 5.41) is 5.64. The normalized spacial score (nSPS) is 19.0. The minimum Gasteiger partial charge on any atom is -0.272 e. The third-order valence-electron chi connectivity index (χ3n) is 3.13. The van der Waals surface area contributed by atoms with Crippen LogP contribution >= 0.6 is 0 Å². The number of hydrazone groups is 1. The Hall–Kier alpha value is -1.71. The Morgan fingerprint density at radius 3 is 2.63 bits per heavy atom. The molecule has 2 rings (SSSR count). The van der Waals surface area contributed by atoms with Crippen LogP contribution in [0.3, 0.4) is 0 Å². The van der Waals surface area contributed by atoms with E-state index < -0.39 is 5.41 Å². The molecule has 0 saturated heterocycles. The second kappa shape index (κ2) is 4.76. The van der Waals surface area contributed by atoms with Crippen LogP contribution in [0.4, 0.5) is 4.39 Å². The van der Waals surface area contributed by atoms with Crippen molar-refractivity contribution in [1.82, 2.24) is 5.01 Å². The van der Waals surface area contributed by atoms with Gasteiger partial charge in [-0.3, -0.25) is 4.79 Å². The SMILES string of the molecule is Cc1cc(F)cc([C@@H]2CC=NN2C(=O)C(C)(C)C)c1. The van der Waals surface area contributed by atoms with E-state index in [9.17, 15) is 9.18 Å². The van der Waals surface area contributed by atoms with Crippen LogP contribution < -0.4 is 0 Å². The number of benzene rings is 1. The summed E-state index contributed by atoms with van der Waals surface area (Å²) >= 11 is 0. The molecule has 0 bridgehead atoms. The number of hydrogen-bond acceptors (Lipinski definition) is 2. The van der Waals surface area contributed by atoms with E-state index in [1.807, 2.05) is 33.8 Å². The van der Waals surface area contributed by atoms with Crippen molar-refractivity contribution in [2.24, 2.45) is 10.5 Å². The van der Waals surface area contributed by atoms with Gasteiger partial charge in [0.15, 0.2) is 0 Å². The van der Waals surface area contributed by atoms with Gasteiger partial charge in [0.05, 0.1) is 6.04 Å². The first-order valence-electron chi connectivity index (χ1n) is 6.42. The Morgan fingerprint density at radius 2 is 2.05 bits per heavy atom. The van der Waals surface area contributed by atoms with Gasteiger partial charge < -0.3 is 0 Å². The summed E-state index contributed by atoms with van der Waals surface area (Å²) in [6.45, 7) is 7.42. The highest BCUT2D eigenvalue weighted by atomic mass is 19.1. The van der Waals surface area contributed by atoms with Gasteiger partial charge in [-0.05, 0) is 30.2 Å². The van der Waals surface area contributed by atoms with Crippen LogP contribution in [0.25, 0.3) is 0 Å². The number of nitrogens with zero attached hydrogens (tertiary/aromatic N) is 2. The largest absolute Gasteiger partial charge is 0.272 e. The topological polar surface area (TPSA) is 32.7 Å². The maximum Gasteiger partial charge on any atom is 0.248 e. The average molecular weight is 262 g/mol. The van der Waals surface area contributed by atoms with Crippen LogP contribution in [0.5, 0.6) is 0 Å². The predicted molar refractivity (Wildman–Crippen MR) is 73.3 cm³/mol. The van der Waals surface area contributed by atoms with E-state index in [2.05, 4.69) is 5.10 Å². The molecule has 1 aliphatic rings. The third kappa shape index (κ3) is 2.83. The Kier molecular flexibility index (Phi) is 3.43. The van der Waals surface area contributed by atoms with Gasteiger partial charge in [-0.15, -0.1) is 0 Å². The Morgan fingerprint density at radius 1 is 1.37 bits per heavy atom. The number of carbonyl (C=O) groups is 1. The average Bonchev–Trinajstić information content (AvgIpc) is 2.73. The van der Waals surface area contributed by atoms with Gasteiger partial charge in [-0.1, -0.05) is 26.8 Å². The summed E-state index contributed by atoms with van der Waals surface area (Å²) in [6, 6.07) is 4.68. The first-order chi connectivity index (χ1) is 8.79. The van der Waals surface area contributed by atoms with E-state index in [-0.39, 0.29) is 17.8 Å². The Balaban J connectivity index is 2.32. The van der Waals surface area contributed by atoms with Gasteiger partial charge in [0.1, 0.15) is 5.82 Å². The molecular formula is C15H19FN2O. The fourth-order valence-corrected chi connectivity index (χ4v) is 2.19. The van der Waals surface area contributed by atoms with Crippen molar-refractivity contribution in [3.05, 3.63) is 35.1 Å². The molecule has 4 heteroatoms. The first-order valence-corrected chi connectivity index (χ1v) is 6.42. The standard InChI is InChI=1S/C15H19FN2O/c1-10-7-11(9-12(16)8-10)13-5-6-17-18(13)14(19)15(2,3)4/h6-9,13H,5H2,1-4H3/t13-/m0/s1. The molecule has 0 saturated carbocycles. The fourth-order valence-electron chi connectivity index (χ4n) is 2.19. The lowest BCUT2D eigenvalue weighted by atomic mass is 9.93. The molecule has 1 amide bonds. The van der Waals surface area contributed by atoms with Crippen molar-refractivity contribution in [1.29, 1.82) is 0 Å². The van der Waals surface area contributed by atoms with Crippen molar-refractivity contribution in [2.75, 3.05) is 0 Å². The van der Waals surface area contributed by atoms with Gasteiger partial charge in [-0.25, -0.2) is 9.40 Å². The molecule has 0 fully saturated rings. The zero-order valence-electron chi connectivity index (χ0n) is 11.8. The summed E-state index contributed by atoms with van der Waals surface area (Å²) in [7, 11) is 0. The Labute approximate surface area is 113 Å². The van der Waals surface area contributed by atoms with Crippen molar-refractivity contribution >= 4 is 12.1 Å². The minimum atomic E-state index is -0.498. The monoisotopic (exact) mass is 262 g/mol. The molecule has 1 aromatic carbocycles. The highest BCUT2D eigenvalue weighted by Crippen LogP contribution is 2.32. The maximum atomic E-state index is 13.5. The number of carbonyl (C=O) groups excluding carboxylic acids is 1. The second-order valence-corrected chi connectivity index (χ2v) is 6.01. The first kappa shape index (κ1) is 13.7. The molecular weight excluding hydrogens is 243 g/mol. The zero-order chi connectivity index (χ0) is 14.2. The van der Waals surface area contributed by atoms with Crippen molar-refractivity contribution in [2.45, 2.75) is 40.2 Å². The molecule has 19 heavy (non-hydrogen) atoms. The molecule has 1 aliphatic heterocycles. The molecule has 0 aliphatic carbocycles. The third-order valence-corrected chi connectivity index (χ3v) is 3.13. The second-order valence-electron chi connectivity index (χ2n) is 6.01. The maximum absolute atomic E-state index is 13.5. The predicted octanol–water partition coefficient (Wildman–Crippen LogP) is 3.44. The summed E-state index contributed by atoms with van der Waals surface area (Å²) in [5.41, 5.74) is 1.15. The molecule has 1 heterocycles. The fraction of sp³-hybridized carbons (Fsp3) is 0.467. The van der Waals surface area contributed by atoms with Crippen LogP contribution in [0.1, 0.15) is 44.4 Å². The zero-order valence-corrected chi connectivity index (χ0v) is 11.8. The van der Waals surface area contributed by atoms with Crippen LogP contribution in [0, 0.1) is 18.2 Å². The van der Waals surface area contributed by atoms with E-state index in [1.165, 1.54) is 17.1 Å². The molecule has 0 aromatic heterocycles. The number of rotatable bonds is 1. The van der Waals surface area contributed by atoms with Gasteiger partial charge in [0.25, 0.3) is 0 Å². The van der Waals surface area contributed by atoms with Gasteiger partial charge in [-0.2, -0.15) is 5.10 Å². The number of aryl methyl sites for hydroxylation is 1. The lowest BCUT2D eigenvalue weighted by Crippen LogP contribution is -2.36. The lowest BCUT2D eigenvalue weighted by Gasteiger charge is -2.28. The smallest absolute Gasteiger partial charge is 0.248 e. The van der Waals surface area contributed by atoms with Gasteiger partial charge in [0, 0.05) is 18.1 Å². The quantitative estimate of drug-likeness (QED) is 0.763. The molecule has 0 N–H and O–H groups in total. The highest BCUT2D eigenvalue weighted by molar-refractivity contribution is 5.84. The van der Waals surface area contributed by atoms with Crippen LogP contribution in [0.15, 0.2) is 23.3 Å². The highest BCUT2D eigenvalue weighted by Gasteiger charge is 2.35. The molecule has 0 spiro atoms. The van der Waals surface area contributed by atoms with Crippen LogP contribution in [-0.4, -0.2) is 17.1 Å². The van der Waals surface area contributed by atoms with Crippen molar-refractivity contribution < 1.29 is 9.18 Å². The van der Waals surface area contributed by atoms with E-state index in [4.69, 9.17) is 0 Å². The van der Waals surface area contributed by atoms with E-state index in [0.29, 0.717) is 6.42 Å². The number of hydrogen-bond donors (Lipinski definition) is 0. The van der Waals surface area contributed by atoms with Crippen LogP contribution in [0.2, 0.25) is 0 Å². The number of amides is 1. The lowest BCUT2D eigenvalue weighted by molar-refractivity contribution is -0.141. The van der Waals surface area contributed by atoms with E-state index in [1.54, 1.807) is 6.21 Å². The summed E-state index contributed by atoms with van der Waals surface area (Å²) in [4.78, 5) is 12.3. The molecule has 102 valence electrons. The van der Waals surface area contributed by atoms with Gasteiger partial charge in [0.2, 0.25) is 5.91 Å². The van der Waals surface area contributed by atoms with Crippen LogP contribution in [-0.2, 0) is 4.79 Å². The van der Waals surface area contributed by atoms with E-state index in [0.717, 1.165) is 11.1 Å². The number of halogens is 1. The molecule has 1 aromatic rings. The minimum absolute atomic E-state index is 0.0480. The van der Waals surface area contributed by atoms with Gasteiger partial charge >= 0.3 is 0 Å². The molecule has 3 nitrogen and oxygen atoms in total. The summed E-state index contributed by atoms with van der Waals surface area (Å²) in [6.07, 6.45) is 2.35. The van der Waals surface area contributed by atoms with Crippen molar-refractivity contribution in [3.8, 4) is 0 Å². The van der Waals surface area contributed by atoms with E-state index >= 15 is 0 Å². The Bertz CT molecular complexity index is 511. The summed E-state index contributed by atoms with van der Waals surface area (Å²) < 4.78 is 13.5. The van der Waals surface area contributed by atoms with Crippen molar-refractivity contribution in [3.63, 3.8) is 0 Å².